The summed E-state index contributed by atoms with van der Waals surface area (Å²) in [6.07, 6.45) is 3.75. The predicted molar refractivity (Wildman–Crippen MR) is 80.3 cm³/mol. The molecule has 0 aromatic rings. The van der Waals surface area contributed by atoms with Crippen molar-refractivity contribution in [3.05, 3.63) is 11.8 Å². The molecule has 0 aromatic heterocycles. The zero-order valence-electron chi connectivity index (χ0n) is 13.2. The van der Waals surface area contributed by atoms with Gasteiger partial charge in [0.2, 0.25) is 0 Å². The van der Waals surface area contributed by atoms with Crippen molar-refractivity contribution in [3.63, 3.8) is 0 Å². The Morgan fingerprint density at radius 1 is 1.43 bits per heavy atom. The first-order valence-electron chi connectivity index (χ1n) is 7.17. The minimum Gasteiger partial charge on any atom is -0.480 e. The van der Waals surface area contributed by atoms with Gasteiger partial charge in [-0.15, -0.1) is 0 Å². The van der Waals surface area contributed by atoms with Crippen LogP contribution in [-0.4, -0.2) is 41.5 Å². The van der Waals surface area contributed by atoms with Gasteiger partial charge in [-0.2, -0.15) is 5.26 Å². The molecule has 0 heterocycles. The van der Waals surface area contributed by atoms with Crippen LogP contribution in [0, 0.1) is 17.2 Å². The molecule has 6 heteroatoms. The van der Waals surface area contributed by atoms with Crippen LogP contribution in [0.5, 0.6) is 0 Å². The van der Waals surface area contributed by atoms with E-state index in [-0.39, 0.29) is 11.5 Å². The fraction of sp³-hybridized carbons (Fsp3) is 0.667. The Labute approximate surface area is 126 Å². The molecule has 0 bridgehead atoms. The maximum Gasteiger partial charge on any atom is 0.326 e. The third kappa shape index (κ3) is 7.98. The first kappa shape index (κ1) is 19.0. The van der Waals surface area contributed by atoms with Gasteiger partial charge in [0.15, 0.2) is 0 Å². The van der Waals surface area contributed by atoms with Crippen molar-refractivity contribution in [1.82, 2.24) is 10.2 Å². The topological polar surface area (TPSA) is 93.4 Å². The molecule has 2 N–H and O–H groups in total. The third-order valence-electron chi connectivity index (χ3n) is 2.89. The van der Waals surface area contributed by atoms with Crippen molar-refractivity contribution >= 4 is 11.9 Å². The summed E-state index contributed by atoms with van der Waals surface area (Å²) < 4.78 is 0. The first-order chi connectivity index (χ1) is 9.81. The summed E-state index contributed by atoms with van der Waals surface area (Å²) in [6, 6.07) is 0.845. The Hall–Kier alpha value is -2.03. The van der Waals surface area contributed by atoms with E-state index >= 15 is 0 Å². The van der Waals surface area contributed by atoms with Gasteiger partial charge in [-0.25, -0.2) is 4.79 Å². The molecule has 6 nitrogen and oxygen atoms in total. The van der Waals surface area contributed by atoms with E-state index in [1.165, 1.54) is 6.20 Å². The molecule has 0 radical (unpaired) electrons. The maximum absolute atomic E-state index is 12.0. The summed E-state index contributed by atoms with van der Waals surface area (Å²) >= 11 is 0. The van der Waals surface area contributed by atoms with Crippen LogP contribution in [0.4, 0.5) is 0 Å². The lowest BCUT2D eigenvalue weighted by Gasteiger charge is -2.17. The van der Waals surface area contributed by atoms with E-state index in [0.717, 1.165) is 19.4 Å². The van der Waals surface area contributed by atoms with Gasteiger partial charge in [0.05, 0.1) is 0 Å². The Kier molecular flexibility index (Phi) is 8.86. The molecule has 0 fully saturated rings. The Bertz CT molecular complexity index is 424. The largest absolute Gasteiger partial charge is 0.480 e. The second-order valence-electron chi connectivity index (χ2n) is 5.48. The molecule has 21 heavy (non-hydrogen) atoms. The van der Waals surface area contributed by atoms with Gasteiger partial charge in [-0.3, -0.25) is 4.79 Å². The van der Waals surface area contributed by atoms with Gasteiger partial charge >= 0.3 is 5.97 Å². The zero-order valence-corrected chi connectivity index (χ0v) is 13.2. The second kappa shape index (κ2) is 9.81. The van der Waals surface area contributed by atoms with Crippen LogP contribution in [0.25, 0.3) is 0 Å². The number of carbonyl (C=O) groups is 2. The Balaban J connectivity index is 4.81. The van der Waals surface area contributed by atoms with Crippen LogP contribution < -0.4 is 5.32 Å². The molecule has 1 atom stereocenters. The van der Waals surface area contributed by atoms with Crippen LogP contribution in [0.3, 0.4) is 0 Å². The average molecular weight is 295 g/mol. The summed E-state index contributed by atoms with van der Waals surface area (Å²) in [7, 11) is 1.78. The molecule has 0 aliphatic carbocycles. The summed E-state index contributed by atoms with van der Waals surface area (Å²) in [5, 5.41) is 20.6. The van der Waals surface area contributed by atoms with Crippen LogP contribution in [0.2, 0.25) is 0 Å². The van der Waals surface area contributed by atoms with Crippen molar-refractivity contribution < 1.29 is 14.7 Å². The molecule has 0 aromatic carbocycles. The second-order valence-corrected chi connectivity index (χ2v) is 5.48. The number of hydrogen-bond donors (Lipinski definition) is 2. The van der Waals surface area contributed by atoms with Crippen molar-refractivity contribution in [3.8, 4) is 6.07 Å². The number of rotatable bonds is 9. The molecule has 0 rings (SSSR count). The summed E-state index contributed by atoms with van der Waals surface area (Å²) in [5.41, 5.74) is -0.0800. The van der Waals surface area contributed by atoms with Gasteiger partial charge in [0.25, 0.3) is 5.91 Å². The van der Waals surface area contributed by atoms with Crippen LogP contribution in [0.1, 0.15) is 40.0 Å². The molecular weight excluding hydrogens is 270 g/mol. The molecule has 118 valence electrons. The highest BCUT2D eigenvalue weighted by molar-refractivity contribution is 5.99. The van der Waals surface area contributed by atoms with E-state index in [9.17, 15) is 9.59 Å². The summed E-state index contributed by atoms with van der Waals surface area (Å²) in [6.45, 7) is 6.55. The number of nitrogens with one attached hydrogen (secondary N) is 1. The monoisotopic (exact) mass is 295 g/mol. The lowest BCUT2D eigenvalue weighted by molar-refractivity contribution is -0.141. The van der Waals surface area contributed by atoms with Crippen molar-refractivity contribution in [2.45, 2.75) is 46.1 Å². The number of hydrogen-bond acceptors (Lipinski definition) is 4. The summed E-state index contributed by atoms with van der Waals surface area (Å²) in [4.78, 5) is 24.9. The highest BCUT2D eigenvalue weighted by Crippen LogP contribution is 2.06. The summed E-state index contributed by atoms with van der Waals surface area (Å²) in [5.74, 6) is -1.60. The number of nitriles is 1. The molecule has 0 saturated carbocycles. The normalized spacial score (nSPS) is 12.7. The van der Waals surface area contributed by atoms with Gasteiger partial charge in [0, 0.05) is 19.8 Å². The van der Waals surface area contributed by atoms with Gasteiger partial charge < -0.3 is 15.3 Å². The van der Waals surface area contributed by atoms with E-state index in [4.69, 9.17) is 10.4 Å². The minimum atomic E-state index is -1.09. The number of nitrogens with zero attached hydrogens (tertiary/aromatic N) is 2. The van der Waals surface area contributed by atoms with E-state index in [1.54, 1.807) is 11.9 Å². The maximum atomic E-state index is 12.0. The molecule has 0 spiro atoms. The first-order valence-corrected chi connectivity index (χ1v) is 7.17. The standard InChI is InChI=1S/C15H25N3O3/c1-5-6-7-18(4)10-12(9-16)14(19)17-13(15(20)21)8-11(2)3/h10-11,13H,5-8H2,1-4H3,(H,17,19)(H,20,21)/b12-10-. The van der Waals surface area contributed by atoms with E-state index < -0.39 is 17.9 Å². The molecular formula is C15H25N3O3. The highest BCUT2D eigenvalue weighted by atomic mass is 16.4. The van der Waals surface area contributed by atoms with Crippen LogP contribution in [0.15, 0.2) is 11.8 Å². The molecule has 1 unspecified atom stereocenters. The fourth-order valence-electron chi connectivity index (χ4n) is 1.76. The quantitative estimate of drug-likeness (QED) is 0.499. The Morgan fingerprint density at radius 2 is 2.05 bits per heavy atom. The number of unbranched alkanes of at least 4 members (excludes halogenated alkanes) is 1. The number of carbonyl (C=O) groups excluding carboxylic acids is 1. The molecule has 1 amide bonds. The zero-order chi connectivity index (χ0) is 16.4. The van der Waals surface area contributed by atoms with Gasteiger partial charge in [-0.05, 0) is 18.8 Å². The van der Waals surface area contributed by atoms with Crippen molar-refractivity contribution in [2.75, 3.05) is 13.6 Å². The van der Waals surface area contributed by atoms with Crippen LogP contribution in [-0.2, 0) is 9.59 Å². The fourth-order valence-corrected chi connectivity index (χ4v) is 1.76. The number of carboxylic acid groups (broad SMARTS) is 1. The SMILES string of the molecule is CCCCN(C)/C=C(/C#N)C(=O)NC(CC(C)C)C(=O)O. The molecule has 0 saturated heterocycles. The Morgan fingerprint density at radius 3 is 2.48 bits per heavy atom. The van der Waals surface area contributed by atoms with Crippen LogP contribution >= 0.6 is 0 Å². The smallest absolute Gasteiger partial charge is 0.326 e. The lowest BCUT2D eigenvalue weighted by atomic mass is 10.0. The van der Waals surface area contributed by atoms with E-state index in [0.29, 0.717) is 6.42 Å². The van der Waals surface area contributed by atoms with Gasteiger partial charge in [-0.1, -0.05) is 27.2 Å². The molecule has 0 aliphatic heterocycles. The van der Waals surface area contributed by atoms with Gasteiger partial charge in [0.1, 0.15) is 17.7 Å². The van der Waals surface area contributed by atoms with Crippen molar-refractivity contribution in [1.29, 1.82) is 5.26 Å². The minimum absolute atomic E-state index is 0.0800. The predicted octanol–water partition coefficient (Wildman–Crippen LogP) is 1.74. The van der Waals surface area contributed by atoms with E-state index in [1.807, 2.05) is 19.9 Å². The lowest BCUT2D eigenvalue weighted by Crippen LogP contribution is -2.42. The number of amides is 1. The average Bonchev–Trinajstić information content (AvgIpc) is 2.40. The van der Waals surface area contributed by atoms with E-state index in [2.05, 4.69) is 12.2 Å². The number of carboxylic acids is 1. The van der Waals surface area contributed by atoms with Crippen molar-refractivity contribution in [2.24, 2.45) is 5.92 Å². The molecule has 0 aliphatic rings. The highest BCUT2D eigenvalue weighted by Gasteiger charge is 2.22. The number of aliphatic carboxylic acids is 1. The third-order valence-corrected chi connectivity index (χ3v) is 2.89.